The Morgan fingerprint density at radius 3 is 2.53 bits per heavy atom. The van der Waals surface area contributed by atoms with Crippen molar-refractivity contribution >= 4 is 11.9 Å². The van der Waals surface area contributed by atoms with E-state index < -0.39 is 6.04 Å². The predicted octanol–water partition coefficient (Wildman–Crippen LogP) is 1.51. The molecule has 0 saturated heterocycles. The van der Waals surface area contributed by atoms with Gasteiger partial charge in [0.1, 0.15) is 6.04 Å². The quantitative estimate of drug-likeness (QED) is 0.864. The summed E-state index contributed by atoms with van der Waals surface area (Å²) in [6, 6.07) is 1.30. The van der Waals surface area contributed by atoms with Gasteiger partial charge in [-0.25, -0.2) is 4.98 Å². The minimum atomic E-state index is -0.425. The lowest BCUT2D eigenvalue weighted by Crippen LogP contribution is -2.47. The van der Waals surface area contributed by atoms with Gasteiger partial charge in [0, 0.05) is 17.3 Å². The van der Waals surface area contributed by atoms with Crippen LogP contribution in [0.4, 0.5) is 5.95 Å². The molecule has 0 radical (unpaired) electrons. The Kier molecular flexibility index (Phi) is 4.69. The number of ether oxygens (including phenoxy) is 1. The third kappa shape index (κ3) is 5.11. The smallest absolute Gasteiger partial charge is 0.242 e. The summed E-state index contributed by atoms with van der Waals surface area (Å²) < 4.78 is 5.07. The third-order valence-corrected chi connectivity index (χ3v) is 2.28. The van der Waals surface area contributed by atoms with Crippen LogP contribution in [0.25, 0.3) is 0 Å². The van der Waals surface area contributed by atoms with Crippen molar-refractivity contribution in [2.24, 2.45) is 0 Å². The largest absolute Gasteiger partial charge is 0.481 e. The first-order valence-electron chi connectivity index (χ1n) is 6.19. The molecule has 2 N–H and O–H groups in total. The number of nitrogens with zero attached hydrogens (tertiary/aromatic N) is 2. The zero-order valence-corrected chi connectivity index (χ0v) is 12.4. The molecule has 19 heavy (non-hydrogen) atoms. The van der Waals surface area contributed by atoms with Crippen LogP contribution >= 0.6 is 0 Å². The number of nitrogens with one attached hydrogen (secondary N) is 2. The maximum atomic E-state index is 11.9. The summed E-state index contributed by atoms with van der Waals surface area (Å²) in [6.45, 7) is 9.41. The molecule has 106 valence electrons. The Labute approximate surface area is 114 Å². The first-order chi connectivity index (χ1) is 8.71. The average molecular weight is 266 g/mol. The van der Waals surface area contributed by atoms with Gasteiger partial charge in [-0.3, -0.25) is 4.79 Å². The predicted molar refractivity (Wildman–Crippen MR) is 74.3 cm³/mol. The van der Waals surface area contributed by atoms with Crippen LogP contribution in [0.2, 0.25) is 0 Å². The molecule has 1 unspecified atom stereocenters. The molecule has 0 aliphatic heterocycles. The number of anilines is 1. The highest BCUT2D eigenvalue weighted by Crippen LogP contribution is 2.12. The van der Waals surface area contributed by atoms with Gasteiger partial charge in [0.15, 0.2) is 0 Å². The summed E-state index contributed by atoms with van der Waals surface area (Å²) in [4.78, 5) is 20.3. The van der Waals surface area contributed by atoms with Crippen molar-refractivity contribution < 1.29 is 9.53 Å². The van der Waals surface area contributed by atoms with Crippen LogP contribution < -0.4 is 15.4 Å². The van der Waals surface area contributed by atoms with Crippen LogP contribution in [0.15, 0.2) is 6.07 Å². The average Bonchev–Trinajstić information content (AvgIpc) is 2.25. The molecule has 1 heterocycles. The van der Waals surface area contributed by atoms with Crippen LogP contribution in [0, 0.1) is 6.92 Å². The molecule has 1 amide bonds. The SMILES string of the molecule is COc1cc(C)nc(NC(C)C(=O)NC(C)(C)C)n1. The zero-order valence-electron chi connectivity index (χ0n) is 12.4. The van der Waals surface area contributed by atoms with E-state index >= 15 is 0 Å². The molecule has 0 aliphatic rings. The van der Waals surface area contributed by atoms with Crippen molar-refractivity contribution in [3.63, 3.8) is 0 Å². The van der Waals surface area contributed by atoms with E-state index in [4.69, 9.17) is 4.74 Å². The first-order valence-corrected chi connectivity index (χ1v) is 6.19. The number of hydrogen-bond donors (Lipinski definition) is 2. The second kappa shape index (κ2) is 5.86. The van der Waals surface area contributed by atoms with Gasteiger partial charge in [-0.05, 0) is 34.6 Å². The van der Waals surface area contributed by atoms with E-state index in [1.165, 1.54) is 0 Å². The van der Waals surface area contributed by atoms with Crippen molar-refractivity contribution in [2.75, 3.05) is 12.4 Å². The van der Waals surface area contributed by atoms with E-state index in [-0.39, 0.29) is 11.4 Å². The Bertz CT molecular complexity index is 454. The number of methoxy groups -OCH3 is 1. The van der Waals surface area contributed by atoms with Crippen LogP contribution in [0.5, 0.6) is 5.88 Å². The highest BCUT2D eigenvalue weighted by molar-refractivity contribution is 5.84. The fraction of sp³-hybridized carbons (Fsp3) is 0.615. The highest BCUT2D eigenvalue weighted by atomic mass is 16.5. The maximum Gasteiger partial charge on any atom is 0.242 e. The van der Waals surface area contributed by atoms with Crippen molar-refractivity contribution in [1.82, 2.24) is 15.3 Å². The lowest BCUT2D eigenvalue weighted by molar-refractivity contribution is -0.122. The topological polar surface area (TPSA) is 76.1 Å². The normalized spacial score (nSPS) is 12.7. The van der Waals surface area contributed by atoms with Crippen LogP contribution in [0.1, 0.15) is 33.4 Å². The van der Waals surface area contributed by atoms with E-state index in [0.29, 0.717) is 11.8 Å². The summed E-state index contributed by atoms with van der Waals surface area (Å²) in [5, 5.41) is 5.86. The maximum absolute atomic E-state index is 11.9. The Morgan fingerprint density at radius 2 is 2.00 bits per heavy atom. The van der Waals surface area contributed by atoms with Gasteiger partial charge in [-0.15, -0.1) is 0 Å². The summed E-state index contributed by atoms with van der Waals surface area (Å²) in [6.07, 6.45) is 0. The van der Waals surface area contributed by atoms with Gasteiger partial charge in [0.05, 0.1) is 7.11 Å². The molecule has 1 aromatic heterocycles. The lowest BCUT2D eigenvalue weighted by atomic mass is 10.1. The molecular weight excluding hydrogens is 244 g/mol. The van der Waals surface area contributed by atoms with Crippen molar-refractivity contribution in [3.8, 4) is 5.88 Å². The minimum absolute atomic E-state index is 0.100. The molecule has 1 aromatic rings. The number of aromatic nitrogens is 2. The summed E-state index contributed by atoms with van der Waals surface area (Å²) in [7, 11) is 1.54. The Balaban J connectivity index is 2.74. The number of amides is 1. The summed E-state index contributed by atoms with van der Waals surface area (Å²) in [5.41, 5.74) is 0.510. The van der Waals surface area contributed by atoms with Crippen LogP contribution in [-0.2, 0) is 4.79 Å². The van der Waals surface area contributed by atoms with Gasteiger partial charge in [-0.2, -0.15) is 4.98 Å². The van der Waals surface area contributed by atoms with Gasteiger partial charge in [0.25, 0.3) is 0 Å². The Morgan fingerprint density at radius 1 is 1.37 bits per heavy atom. The number of aryl methyl sites for hydroxylation is 1. The van der Waals surface area contributed by atoms with Crippen molar-refractivity contribution in [3.05, 3.63) is 11.8 Å². The number of hydrogen-bond acceptors (Lipinski definition) is 5. The highest BCUT2D eigenvalue weighted by Gasteiger charge is 2.19. The standard InChI is InChI=1S/C13H22N4O2/c1-8-7-10(19-6)16-12(14-8)15-9(2)11(18)17-13(3,4)5/h7,9H,1-6H3,(H,17,18)(H,14,15,16). The fourth-order valence-corrected chi connectivity index (χ4v) is 1.45. The molecule has 0 aromatic carbocycles. The zero-order chi connectivity index (χ0) is 14.6. The first kappa shape index (κ1) is 15.2. The molecular formula is C13H22N4O2. The fourth-order valence-electron chi connectivity index (χ4n) is 1.45. The van der Waals surface area contributed by atoms with Crippen LogP contribution in [-0.4, -0.2) is 34.6 Å². The minimum Gasteiger partial charge on any atom is -0.481 e. The molecule has 1 rings (SSSR count). The van der Waals surface area contributed by atoms with Crippen molar-refractivity contribution in [1.29, 1.82) is 0 Å². The molecule has 6 heteroatoms. The molecule has 0 fully saturated rings. The lowest BCUT2D eigenvalue weighted by Gasteiger charge is -2.23. The van der Waals surface area contributed by atoms with Gasteiger partial charge >= 0.3 is 0 Å². The second-order valence-corrected chi connectivity index (χ2v) is 5.48. The molecule has 0 aliphatic carbocycles. The number of rotatable bonds is 4. The third-order valence-electron chi connectivity index (χ3n) is 2.28. The second-order valence-electron chi connectivity index (χ2n) is 5.48. The van der Waals surface area contributed by atoms with E-state index in [2.05, 4.69) is 20.6 Å². The van der Waals surface area contributed by atoms with Crippen LogP contribution in [0.3, 0.4) is 0 Å². The molecule has 0 saturated carbocycles. The molecule has 6 nitrogen and oxygen atoms in total. The van der Waals surface area contributed by atoms with E-state index in [1.807, 2.05) is 27.7 Å². The summed E-state index contributed by atoms with van der Waals surface area (Å²) >= 11 is 0. The van der Waals surface area contributed by atoms with E-state index in [0.717, 1.165) is 5.69 Å². The van der Waals surface area contributed by atoms with Gasteiger partial charge in [-0.1, -0.05) is 0 Å². The van der Waals surface area contributed by atoms with Gasteiger partial charge in [0.2, 0.25) is 17.7 Å². The molecule has 1 atom stereocenters. The summed E-state index contributed by atoms with van der Waals surface area (Å²) in [5.74, 6) is 0.753. The molecule has 0 bridgehead atoms. The monoisotopic (exact) mass is 266 g/mol. The number of carbonyl (C=O) groups excluding carboxylic acids is 1. The van der Waals surface area contributed by atoms with E-state index in [9.17, 15) is 4.79 Å². The number of carbonyl (C=O) groups is 1. The Hall–Kier alpha value is -1.85. The molecule has 0 spiro atoms. The van der Waals surface area contributed by atoms with Gasteiger partial charge < -0.3 is 15.4 Å². The van der Waals surface area contributed by atoms with Crippen molar-refractivity contribution in [2.45, 2.75) is 46.2 Å². The van der Waals surface area contributed by atoms with E-state index in [1.54, 1.807) is 20.1 Å².